The lowest BCUT2D eigenvalue weighted by atomic mass is 9.98. The molecule has 1 aliphatic heterocycles. The topological polar surface area (TPSA) is 99.0 Å². The number of ether oxygens (including phenoxy) is 1. The molecule has 1 amide bonds. The van der Waals surface area contributed by atoms with E-state index in [1.54, 1.807) is 6.92 Å². The maximum atomic E-state index is 11.5. The Labute approximate surface area is 99.6 Å². The first-order chi connectivity index (χ1) is 8.01. The van der Waals surface area contributed by atoms with E-state index in [1.165, 1.54) is 0 Å². The Morgan fingerprint density at radius 1 is 1.59 bits per heavy atom. The quantitative estimate of drug-likeness (QED) is 0.424. The van der Waals surface area contributed by atoms with E-state index in [4.69, 9.17) is 16.3 Å². The minimum absolute atomic E-state index is 0.0203. The van der Waals surface area contributed by atoms with Gasteiger partial charge in [-0.05, 0) is 6.92 Å². The molecule has 1 rings (SSSR count). The second-order valence-electron chi connectivity index (χ2n) is 4.04. The van der Waals surface area contributed by atoms with Gasteiger partial charge in [0.1, 0.15) is 18.3 Å². The number of nitrogens with one attached hydrogen (secondary N) is 1. The molecule has 0 aromatic rings. The van der Waals surface area contributed by atoms with Crippen LogP contribution >= 0.6 is 0 Å². The lowest BCUT2D eigenvalue weighted by Gasteiger charge is -2.37. The number of hydrogen-bond acceptors (Lipinski definition) is 5. The normalized spacial score (nSPS) is 34.8. The van der Waals surface area contributed by atoms with Gasteiger partial charge in [-0.1, -0.05) is 5.92 Å². The van der Waals surface area contributed by atoms with Crippen molar-refractivity contribution >= 4 is 5.91 Å². The van der Waals surface area contributed by atoms with Gasteiger partial charge in [-0.2, -0.15) is 0 Å². The van der Waals surface area contributed by atoms with Gasteiger partial charge in [-0.15, -0.1) is 6.42 Å². The molecule has 0 radical (unpaired) electrons. The first-order valence-electron chi connectivity index (χ1n) is 5.36. The summed E-state index contributed by atoms with van der Waals surface area (Å²) in [7, 11) is 0. The van der Waals surface area contributed by atoms with E-state index in [0.29, 0.717) is 0 Å². The number of aliphatic hydroxyl groups is 3. The molecular formula is C11H17NO5. The lowest BCUT2D eigenvalue weighted by Crippen LogP contribution is -2.60. The first-order valence-corrected chi connectivity index (χ1v) is 5.36. The molecule has 0 aromatic carbocycles. The van der Waals surface area contributed by atoms with Crippen molar-refractivity contribution in [2.24, 2.45) is 5.92 Å². The lowest BCUT2D eigenvalue weighted by molar-refractivity contribution is -0.165. The van der Waals surface area contributed by atoms with Crippen LogP contribution in [0.5, 0.6) is 0 Å². The number of carbonyl (C=O) groups is 1. The molecule has 0 saturated carbocycles. The van der Waals surface area contributed by atoms with E-state index in [-0.39, 0.29) is 13.2 Å². The largest absolute Gasteiger partial charge is 0.394 e. The van der Waals surface area contributed by atoms with Gasteiger partial charge < -0.3 is 25.4 Å². The molecule has 1 fully saturated rings. The number of carbonyl (C=O) groups excluding carboxylic acids is 1. The van der Waals surface area contributed by atoms with Crippen LogP contribution in [0.1, 0.15) is 6.92 Å². The molecule has 0 spiro atoms. The summed E-state index contributed by atoms with van der Waals surface area (Å²) in [6.07, 6.45) is 1.84. The highest BCUT2D eigenvalue weighted by atomic mass is 16.5. The van der Waals surface area contributed by atoms with Crippen LogP contribution in [0.2, 0.25) is 0 Å². The molecule has 17 heavy (non-hydrogen) atoms. The Bertz CT molecular complexity index is 313. The highest BCUT2D eigenvalue weighted by molar-refractivity contribution is 5.81. The van der Waals surface area contributed by atoms with Crippen LogP contribution in [-0.4, -0.2) is 58.8 Å². The van der Waals surface area contributed by atoms with Crippen molar-refractivity contribution in [1.29, 1.82) is 0 Å². The van der Waals surface area contributed by atoms with Crippen LogP contribution in [0.3, 0.4) is 0 Å². The van der Waals surface area contributed by atoms with Crippen LogP contribution < -0.4 is 5.32 Å². The Balaban J connectivity index is 2.57. The number of rotatable bonds is 3. The Morgan fingerprint density at radius 2 is 2.24 bits per heavy atom. The Kier molecular flexibility index (Phi) is 4.90. The smallest absolute Gasteiger partial charge is 0.235 e. The zero-order valence-corrected chi connectivity index (χ0v) is 9.54. The average Bonchev–Trinajstić information content (AvgIpc) is 2.34. The summed E-state index contributed by atoms with van der Waals surface area (Å²) in [5.41, 5.74) is 0. The summed E-state index contributed by atoms with van der Waals surface area (Å²) >= 11 is 0. The molecule has 1 heterocycles. The predicted octanol–water partition coefficient (Wildman–Crippen LogP) is -2.15. The average molecular weight is 243 g/mol. The van der Waals surface area contributed by atoms with Crippen molar-refractivity contribution in [2.45, 2.75) is 31.3 Å². The predicted molar refractivity (Wildman–Crippen MR) is 58.8 cm³/mol. The van der Waals surface area contributed by atoms with Crippen molar-refractivity contribution in [3.8, 4) is 12.3 Å². The Morgan fingerprint density at radius 3 is 2.76 bits per heavy atom. The zero-order valence-electron chi connectivity index (χ0n) is 9.54. The number of amides is 1. The molecule has 1 saturated heterocycles. The van der Waals surface area contributed by atoms with Gasteiger partial charge in [0.25, 0.3) is 0 Å². The van der Waals surface area contributed by atoms with Gasteiger partial charge in [-0.25, -0.2) is 0 Å². The number of aliphatic hydroxyl groups excluding tert-OH is 3. The third-order valence-electron chi connectivity index (χ3n) is 2.78. The molecule has 0 aliphatic carbocycles. The summed E-state index contributed by atoms with van der Waals surface area (Å²) in [5.74, 6) is 1.24. The second-order valence-corrected chi connectivity index (χ2v) is 4.04. The standard InChI is InChI=1S/C11H17NO5/c1-3-6(2)11(16)12-7-5-17-8(4-13)10(15)9(7)14/h1,6-10,13-15H,4-5H2,2H3,(H,12,16). The molecule has 0 bridgehead atoms. The first kappa shape index (κ1) is 13.9. The molecule has 6 nitrogen and oxygen atoms in total. The summed E-state index contributed by atoms with van der Waals surface area (Å²) < 4.78 is 5.11. The van der Waals surface area contributed by atoms with E-state index in [0.717, 1.165) is 0 Å². The van der Waals surface area contributed by atoms with Crippen LogP contribution in [0.15, 0.2) is 0 Å². The van der Waals surface area contributed by atoms with Crippen molar-refractivity contribution in [2.75, 3.05) is 13.2 Å². The van der Waals surface area contributed by atoms with Crippen molar-refractivity contribution in [3.05, 3.63) is 0 Å². The van der Waals surface area contributed by atoms with Crippen LogP contribution in [-0.2, 0) is 9.53 Å². The molecular weight excluding hydrogens is 226 g/mol. The molecule has 5 atom stereocenters. The van der Waals surface area contributed by atoms with Crippen molar-refractivity contribution in [1.82, 2.24) is 5.32 Å². The second kappa shape index (κ2) is 5.98. The summed E-state index contributed by atoms with van der Waals surface area (Å²) in [6.45, 7) is 1.19. The monoisotopic (exact) mass is 243 g/mol. The summed E-state index contributed by atoms with van der Waals surface area (Å²) in [4.78, 5) is 11.5. The van der Waals surface area contributed by atoms with Gasteiger partial charge in [0.2, 0.25) is 5.91 Å². The maximum Gasteiger partial charge on any atom is 0.235 e. The van der Waals surface area contributed by atoms with Gasteiger partial charge in [0, 0.05) is 0 Å². The van der Waals surface area contributed by atoms with E-state index in [1.807, 2.05) is 0 Å². The van der Waals surface area contributed by atoms with Gasteiger partial charge in [0.15, 0.2) is 0 Å². The highest BCUT2D eigenvalue weighted by Crippen LogP contribution is 2.15. The van der Waals surface area contributed by atoms with Crippen LogP contribution in [0, 0.1) is 18.3 Å². The van der Waals surface area contributed by atoms with Gasteiger partial charge in [0.05, 0.1) is 25.2 Å². The third-order valence-corrected chi connectivity index (χ3v) is 2.78. The zero-order chi connectivity index (χ0) is 13.0. The highest BCUT2D eigenvalue weighted by Gasteiger charge is 2.38. The maximum absolute atomic E-state index is 11.5. The molecule has 96 valence electrons. The SMILES string of the molecule is C#CC(C)C(=O)NC1COC(CO)C(O)C1O. The summed E-state index contributed by atoms with van der Waals surface area (Å²) in [5, 5.41) is 30.7. The summed E-state index contributed by atoms with van der Waals surface area (Å²) in [6, 6.07) is -0.726. The minimum atomic E-state index is -1.24. The van der Waals surface area contributed by atoms with Gasteiger partial charge in [-0.3, -0.25) is 4.79 Å². The molecule has 4 N–H and O–H groups in total. The van der Waals surface area contributed by atoms with E-state index >= 15 is 0 Å². The fraction of sp³-hybridized carbons (Fsp3) is 0.727. The molecule has 1 aliphatic rings. The molecule has 6 heteroatoms. The fourth-order valence-electron chi connectivity index (χ4n) is 1.55. The fourth-order valence-corrected chi connectivity index (χ4v) is 1.55. The molecule has 5 unspecified atom stereocenters. The van der Waals surface area contributed by atoms with Gasteiger partial charge >= 0.3 is 0 Å². The van der Waals surface area contributed by atoms with E-state index in [2.05, 4.69) is 11.2 Å². The van der Waals surface area contributed by atoms with Crippen LogP contribution in [0.25, 0.3) is 0 Å². The Hall–Kier alpha value is -1.13. The molecule has 0 aromatic heterocycles. The number of hydrogen-bond donors (Lipinski definition) is 4. The van der Waals surface area contributed by atoms with Crippen molar-refractivity contribution < 1.29 is 24.9 Å². The third kappa shape index (κ3) is 3.17. The van der Waals surface area contributed by atoms with E-state index < -0.39 is 36.2 Å². The van der Waals surface area contributed by atoms with E-state index in [9.17, 15) is 15.0 Å². The minimum Gasteiger partial charge on any atom is -0.394 e. The van der Waals surface area contributed by atoms with Crippen LogP contribution in [0.4, 0.5) is 0 Å². The van der Waals surface area contributed by atoms with Crippen molar-refractivity contribution in [3.63, 3.8) is 0 Å². The number of terminal acetylenes is 1.